The van der Waals surface area contributed by atoms with Crippen molar-refractivity contribution in [1.82, 2.24) is 5.32 Å². The molecule has 0 rings (SSSR count). The maximum atomic E-state index is 9.52. The Hall–Kier alpha value is -0.580. The number of aliphatic carboxylic acids is 1. The summed E-state index contributed by atoms with van der Waals surface area (Å²) in [5, 5.41) is 75.8. The van der Waals surface area contributed by atoms with Crippen molar-refractivity contribution >= 4 is 18.6 Å². The van der Waals surface area contributed by atoms with Gasteiger partial charge in [0.15, 0.2) is 6.10 Å². The van der Waals surface area contributed by atoms with Gasteiger partial charge in [-0.1, -0.05) is 0 Å². The maximum absolute atomic E-state index is 9.52. The van der Waals surface area contributed by atoms with E-state index < -0.39 is 37.0 Å². The van der Waals surface area contributed by atoms with E-state index in [0.29, 0.717) is 12.3 Å². The molecule has 4 unspecified atom stereocenters. The van der Waals surface area contributed by atoms with Crippen LogP contribution in [0.4, 0.5) is 0 Å². The second-order valence-corrected chi connectivity index (χ2v) is 4.89. The fourth-order valence-corrected chi connectivity index (χ4v) is 0.626. The van der Waals surface area contributed by atoms with Crippen LogP contribution in [0.2, 0.25) is 0 Å². The molecule has 0 bridgehead atoms. The van der Waals surface area contributed by atoms with E-state index in [1.165, 1.54) is 0 Å². The summed E-state index contributed by atoms with van der Waals surface area (Å²) in [6.45, 7) is -0.733. The molecule has 0 aromatic carbocycles. The lowest BCUT2D eigenvalue weighted by Gasteiger charge is -2.02. The second kappa shape index (κ2) is 26.6. The zero-order valence-corrected chi connectivity index (χ0v) is 15.6. The highest BCUT2D eigenvalue weighted by Crippen LogP contribution is 1.81. The third kappa shape index (κ3) is 34.7. The molecule has 12 N–H and O–H groups in total. The lowest BCUT2D eigenvalue weighted by atomic mass is 10.4. The SMILES string of the molecule is CNCC(O)CO.NCC(O)CO.O=C(O)C(O)CO.OCC(O)CS. The molecule has 0 saturated carbocycles. The Morgan fingerprint density at radius 1 is 0.923 bits per heavy atom. The number of nitrogens with one attached hydrogen (secondary N) is 1. The van der Waals surface area contributed by atoms with Crippen LogP contribution in [0.15, 0.2) is 0 Å². The summed E-state index contributed by atoms with van der Waals surface area (Å²) in [6.07, 6.45) is -3.61. The Morgan fingerprint density at radius 3 is 1.38 bits per heavy atom. The van der Waals surface area contributed by atoms with Crippen molar-refractivity contribution in [2.75, 3.05) is 52.3 Å². The first-order valence-corrected chi connectivity index (χ1v) is 8.08. The highest BCUT2D eigenvalue weighted by atomic mass is 32.1. The molecule has 0 radical (unpaired) electrons. The van der Waals surface area contributed by atoms with Gasteiger partial charge in [-0.25, -0.2) is 4.79 Å². The molecule has 0 aliphatic heterocycles. The maximum Gasteiger partial charge on any atom is 0.334 e. The Morgan fingerprint density at radius 2 is 1.35 bits per heavy atom. The highest BCUT2D eigenvalue weighted by molar-refractivity contribution is 7.80. The quantitative estimate of drug-likeness (QED) is 0.159. The molecule has 26 heavy (non-hydrogen) atoms. The molecule has 0 saturated heterocycles. The van der Waals surface area contributed by atoms with Crippen LogP contribution >= 0.6 is 12.6 Å². The summed E-state index contributed by atoms with van der Waals surface area (Å²) in [4.78, 5) is 9.52. The number of thiol groups is 1. The minimum absolute atomic E-state index is 0.135. The van der Waals surface area contributed by atoms with Gasteiger partial charge in [-0.05, 0) is 7.05 Å². The molecule has 4 atom stereocenters. The van der Waals surface area contributed by atoms with Crippen molar-refractivity contribution in [3.63, 3.8) is 0 Å². The van der Waals surface area contributed by atoms with Crippen LogP contribution < -0.4 is 11.1 Å². The molecule has 0 fully saturated rings. The number of hydrogen-bond acceptors (Lipinski definition) is 12. The number of aliphatic hydroxyl groups is 8. The van der Waals surface area contributed by atoms with Crippen LogP contribution in [0.25, 0.3) is 0 Å². The summed E-state index contributed by atoms with van der Waals surface area (Å²) in [5.74, 6) is -1.07. The Bertz CT molecular complexity index is 261. The molecular weight excluding hydrogens is 376 g/mol. The van der Waals surface area contributed by atoms with Gasteiger partial charge in [0.25, 0.3) is 0 Å². The van der Waals surface area contributed by atoms with Crippen LogP contribution in [-0.4, -0.2) is 129 Å². The number of carboxylic acids is 1. The van der Waals surface area contributed by atoms with E-state index in [-0.39, 0.29) is 26.4 Å². The van der Waals surface area contributed by atoms with Gasteiger partial charge in [0, 0.05) is 18.8 Å². The van der Waals surface area contributed by atoms with Gasteiger partial charge in [-0.2, -0.15) is 12.6 Å². The summed E-state index contributed by atoms with van der Waals surface area (Å²) in [7, 11) is 1.72. The molecule has 0 aliphatic rings. The van der Waals surface area contributed by atoms with E-state index in [0.717, 1.165) is 0 Å². The van der Waals surface area contributed by atoms with Crippen LogP contribution in [0.1, 0.15) is 0 Å². The number of rotatable bonds is 9. The standard InChI is InChI=1S/C4H11NO2.C3H9NO2.C3H6O4.C3H8O2S/c1-5-2-4(7)3-6;4-1-3(6)2-5;4-1-2(5)3(6)7;4-1-3(5)2-6/h4-7H,2-3H2,1H3;3,5-6H,1-2,4H2;2,4-5H,1H2,(H,6,7);3-6H,1-2H2. The Kier molecular flexibility index (Phi) is 33.9. The van der Waals surface area contributed by atoms with E-state index in [1.807, 2.05) is 0 Å². The van der Waals surface area contributed by atoms with E-state index in [1.54, 1.807) is 7.05 Å². The topological polar surface area (TPSA) is 237 Å². The van der Waals surface area contributed by atoms with Crippen molar-refractivity contribution < 1.29 is 50.8 Å². The lowest BCUT2D eigenvalue weighted by Crippen LogP contribution is -2.26. The van der Waals surface area contributed by atoms with Crippen molar-refractivity contribution in [3.05, 3.63) is 0 Å². The number of likely N-dealkylation sites (N-methyl/N-ethyl adjacent to an activating group) is 1. The first-order chi connectivity index (χ1) is 12.1. The summed E-state index contributed by atoms with van der Waals surface area (Å²) < 4.78 is 0. The van der Waals surface area contributed by atoms with Gasteiger partial charge in [-0.15, -0.1) is 0 Å². The molecule has 13 heteroatoms. The Labute approximate surface area is 157 Å². The minimum atomic E-state index is -1.63. The predicted octanol–water partition coefficient (Wildman–Crippen LogP) is -5.45. The normalized spacial score (nSPS) is 14.1. The molecule has 0 aromatic heterocycles. The number of aliphatic hydroxyl groups excluding tert-OH is 8. The predicted molar refractivity (Wildman–Crippen MR) is 96.8 cm³/mol. The first-order valence-electron chi connectivity index (χ1n) is 7.45. The van der Waals surface area contributed by atoms with Crippen LogP contribution in [0.5, 0.6) is 0 Å². The van der Waals surface area contributed by atoms with Gasteiger partial charge in [0.1, 0.15) is 0 Å². The third-order valence-corrected chi connectivity index (χ3v) is 2.43. The van der Waals surface area contributed by atoms with E-state index in [2.05, 4.69) is 17.9 Å². The van der Waals surface area contributed by atoms with E-state index in [4.69, 9.17) is 51.7 Å². The zero-order valence-electron chi connectivity index (χ0n) is 14.7. The highest BCUT2D eigenvalue weighted by Gasteiger charge is 2.08. The molecule has 0 amide bonds. The van der Waals surface area contributed by atoms with E-state index in [9.17, 15) is 4.79 Å². The van der Waals surface area contributed by atoms with Gasteiger partial charge < -0.3 is 57.0 Å². The number of hydrogen-bond donors (Lipinski definition) is 12. The van der Waals surface area contributed by atoms with Crippen molar-refractivity contribution in [2.24, 2.45) is 5.73 Å². The number of carbonyl (C=O) groups is 1. The van der Waals surface area contributed by atoms with Crippen LogP contribution in [-0.2, 0) is 4.79 Å². The van der Waals surface area contributed by atoms with Gasteiger partial charge in [0.05, 0.1) is 44.7 Å². The second-order valence-electron chi connectivity index (χ2n) is 4.52. The minimum Gasteiger partial charge on any atom is -0.479 e. The van der Waals surface area contributed by atoms with Gasteiger partial charge >= 0.3 is 5.97 Å². The monoisotopic (exact) mass is 410 g/mol. The lowest BCUT2D eigenvalue weighted by molar-refractivity contribution is -0.148. The summed E-state index contributed by atoms with van der Waals surface area (Å²) in [5.41, 5.74) is 4.87. The number of nitrogens with two attached hydrogens (primary N) is 1. The molecule has 0 spiro atoms. The van der Waals surface area contributed by atoms with E-state index >= 15 is 0 Å². The third-order valence-electron chi connectivity index (χ3n) is 2.01. The molecular formula is C13H34N2O10S. The van der Waals surface area contributed by atoms with Crippen LogP contribution in [0, 0.1) is 0 Å². The van der Waals surface area contributed by atoms with Crippen LogP contribution in [0.3, 0.4) is 0 Å². The smallest absolute Gasteiger partial charge is 0.334 e. The van der Waals surface area contributed by atoms with Gasteiger partial charge in [0.2, 0.25) is 0 Å². The number of carboxylic acid groups (broad SMARTS) is 1. The van der Waals surface area contributed by atoms with Crippen molar-refractivity contribution in [2.45, 2.75) is 24.4 Å². The fourth-order valence-electron chi connectivity index (χ4n) is 0.511. The molecule has 162 valence electrons. The molecule has 0 aliphatic carbocycles. The largest absolute Gasteiger partial charge is 0.479 e. The Balaban J connectivity index is -0.000000124. The summed E-state index contributed by atoms with van der Waals surface area (Å²) in [6, 6.07) is 0. The summed E-state index contributed by atoms with van der Waals surface area (Å²) >= 11 is 3.69. The average molecular weight is 410 g/mol. The fraction of sp³-hybridized carbons (Fsp3) is 0.923. The van der Waals surface area contributed by atoms with Gasteiger partial charge in [-0.3, -0.25) is 0 Å². The molecule has 0 heterocycles. The average Bonchev–Trinajstić information content (AvgIpc) is 2.67. The molecule has 12 nitrogen and oxygen atoms in total. The zero-order chi connectivity index (χ0) is 21.5. The van der Waals surface area contributed by atoms with Crippen molar-refractivity contribution in [3.8, 4) is 0 Å². The first kappa shape index (κ1) is 33.0. The molecule has 0 aromatic rings. The van der Waals surface area contributed by atoms with Crippen molar-refractivity contribution in [1.29, 1.82) is 0 Å².